The lowest BCUT2D eigenvalue weighted by atomic mass is 10.1. The lowest BCUT2D eigenvalue weighted by molar-refractivity contribution is -0.122. The number of carboxylic acid groups (broad SMARTS) is 1. The van der Waals surface area contributed by atoms with Crippen molar-refractivity contribution in [1.29, 1.82) is 0 Å². The molecule has 1 aliphatic rings. The summed E-state index contributed by atoms with van der Waals surface area (Å²) in [5.74, 6) is -2.72. The molecule has 1 fully saturated rings. The number of aromatic carboxylic acids is 1. The molecule has 0 spiro atoms. The topological polar surface area (TPSA) is 95.5 Å². The molecule has 2 amide bonds. The number of carbonyl (C=O) groups is 3. The van der Waals surface area contributed by atoms with Gasteiger partial charge in [0.15, 0.2) is 0 Å². The van der Waals surface area contributed by atoms with E-state index < -0.39 is 23.7 Å². The second-order valence-electron chi connectivity index (χ2n) is 4.14. The Morgan fingerprint density at radius 3 is 2.74 bits per heavy atom. The average Bonchev–Trinajstić information content (AvgIpc) is 2.75. The lowest BCUT2D eigenvalue weighted by Crippen LogP contribution is -2.37. The van der Waals surface area contributed by atoms with Gasteiger partial charge in [0, 0.05) is 6.42 Å². The van der Waals surface area contributed by atoms with Crippen LogP contribution in [-0.2, 0) is 9.59 Å². The van der Waals surface area contributed by atoms with E-state index in [4.69, 9.17) is 5.11 Å². The molecule has 1 aliphatic heterocycles. The van der Waals surface area contributed by atoms with Crippen LogP contribution in [0.5, 0.6) is 0 Å². The number of nitrogens with one attached hydrogen (secondary N) is 2. The fourth-order valence-electron chi connectivity index (χ4n) is 1.84. The zero-order valence-electron chi connectivity index (χ0n) is 9.77. The van der Waals surface area contributed by atoms with Crippen LogP contribution in [0.15, 0.2) is 18.2 Å². The van der Waals surface area contributed by atoms with Crippen LogP contribution in [0.3, 0.4) is 0 Å². The minimum absolute atomic E-state index is 0.126. The molecule has 0 aromatic heterocycles. The molecule has 0 unspecified atom stereocenters. The van der Waals surface area contributed by atoms with E-state index in [0.717, 1.165) is 18.2 Å². The zero-order valence-corrected chi connectivity index (χ0v) is 9.77. The second-order valence-corrected chi connectivity index (χ2v) is 4.14. The van der Waals surface area contributed by atoms with E-state index in [1.165, 1.54) is 0 Å². The van der Waals surface area contributed by atoms with Crippen molar-refractivity contribution in [2.24, 2.45) is 0 Å². The number of hydrogen-bond donors (Lipinski definition) is 3. The van der Waals surface area contributed by atoms with Gasteiger partial charge in [0.05, 0.1) is 11.3 Å². The van der Waals surface area contributed by atoms with Crippen molar-refractivity contribution in [1.82, 2.24) is 5.32 Å². The maximum absolute atomic E-state index is 13.1. The fraction of sp³-hybridized carbons (Fsp3) is 0.250. The largest absolute Gasteiger partial charge is 0.478 e. The quantitative estimate of drug-likeness (QED) is 0.752. The number of carboxylic acids is 1. The van der Waals surface area contributed by atoms with Gasteiger partial charge in [0.1, 0.15) is 11.9 Å². The molecule has 100 valence electrons. The van der Waals surface area contributed by atoms with Crippen molar-refractivity contribution < 1.29 is 23.9 Å². The molecule has 6 nitrogen and oxygen atoms in total. The highest BCUT2D eigenvalue weighted by molar-refractivity contribution is 6.03. The SMILES string of the molecule is O=C1CC[C@H](C(=O)Nc2cc(F)ccc2C(=O)O)N1. The van der Waals surface area contributed by atoms with Crippen molar-refractivity contribution in [3.8, 4) is 0 Å². The molecule has 3 N–H and O–H groups in total. The van der Waals surface area contributed by atoms with E-state index in [1.807, 2.05) is 0 Å². The van der Waals surface area contributed by atoms with Crippen LogP contribution in [0.1, 0.15) is 23.2 Å². The lowest BCUT2D eigenvalue weighted by Gasteiger charge is -2.12. The highest BCUT2D eigenvalue weighted by atomic mass is 19.1. The van der Waals surface area contributed by atoms with E-state index in [1.54, 1.807) is 0 Å². The number of carbonyl (C=O) groups excluding carboxylic acids is 2. The predicted molar refractivity (Wildman–Crippen MR) is 63.2 cm³/mol. The minimum Gasteiger partial charge on any atom is -0.478 e. The average molecular weight is 266 g/mol. The van der Waals surface area contributed by atoms with Crippen LogP contribution in [0.4, 0.5) is 10.1 Å². The Bertz CT molecular complexity index is 559. The highest BCUT2D eigenvalue weighted by Crippen LogP contribution is 2.18. The van der Waals surface area contributed by atoms with Gasteiger partial charge in [-0.25, -0.2) is 9.18 Å². The Morgan fingerprint density at radius 2 is 2.16 bits per heavy atom. The Balaban J connectivity index is 2.18. The zero-order chi connectivity index (χ0) is 14.0. The number of halogens is 1. The summed E-state index contributed by atoms with van der Waals surface area (Å²) in [6, 6.07) is 2.28. The van der Waals surface area contributed by atoms with Crippen LogP contribution in [0.25, 0.3) is 0 Å². The van der Waals surface area contributed by atoms with E-state index in [2.05, 4.69) is 10.6 Å². The fourth-order valence-corrected chi connectivity index (χ4v) is 1.84. The predicted octanol–water partition coefficient (Wildman–Crippen LogP) is 0.741. The van der Waals surface area contributed by atoms with Gasteiger partial charge in [-0.1, -0.05) is 0 Å². The molecule has 1 aromatic rings. The van der Waals surface area contributed by atoms with Gasteiger partial charge >= 0.3 is 5.97 Å². The van der Waals surface area contributed by atoms with Crippen LogP contribution in [0, 0.1) is 5.82 Å². The Labute approximate surface area is 107 Å². The Morgan fingerprint density at radius 1 is 1.42 bits per heavy atom. The number of anilines is 1. The van der Waals surface area contributed by atoms with Gasteiger partial charge in [0.25, 0.3) is 0 Å². The van der Waals surface area contributed by atoms with Gasteiger partial charge in [-0.2, -0.15) is 0 Å². The minimum atomic E-state index is -1.27. The summed E-state index contributed by atoms with van der Waals surface area (Å²) < 4.78 is 13.1. The first-order chi connectivity index (χ1) is 8.97. The molecule has 19 heavy (non-hydrogen) atoms. The smallest absolute Gasteiger partial charge is 0.337 e. The first-order valence-electron chi connectivity index (χ1n) is 5.60. The first-order valence-corrected chi connectivity index (χ1v) is 5.60. The number of rotatable bonds is 3. The summed E-state index contributed by atoms with van der Waals surface area (Å²) in [6.07, 6.45) is 0.579. The van der Waals surface area contributed by atoms with E-state index >= 15 is 0 Å². The van der Waals surface area contributed by atoms with Crippen molar-refractivity contribution in [2.75, 3.05) is 5.32 Å². The van der Waals surface area contributed by atoms with Crippen molar-refractivity contribution in [3.63, 3.8) is 0 Å². The molecule has 0 aliphatic carbocycles. The summed E-state index contributed by atoms with van der Waals surface area (Å²) in [5, 5.41) is 13.7. The van der Waals surface area contributed by atoms with Crippen LogP contribution in [0.2, 0.25) is 0 Å². The van der Waals surface area contributed by atoms with Crippen LogP contribution >= 0.6 is 0 Å². The number of benzene rings is 1. The highest BCUT2D eigenvalue weighted by Gasteiger charge is 2.28. The summed E-state index contributed by atoms with van der Waals surface area (Å²) in [7, 11) is 0. The molecule has 1 aromatic carbocycles. The third-order valence-electron chi connectivity index (χ3n) is 2.78. The van der Waals surface area contributed by atoms with Gasteiger partial charge in [-0.05, 0) is 24.6 Å². The third kappa shape index (κ3) is 2.87. The van der Waals surface area contributed by atoms with E-state index in [9.17, 15) is 18.8 Å². The third-order valence-corrected chi connectivity index (χ3v) is 2.78. The standard InChI is InChI=1S/C12H11FN2O4/c13-6-1-2-7(12(18)19)9(5-6)15-11(17)8-3-4-10(16)14-8/h1-2,5,8H,3-4H2,(H,14,16)(H,15,17)(H,18,19)/t8-/m1/s1. The summed E-state index contributed by atoms with van der Waals surface area (Å²) in [5.41, 5.74) is -0.335. The Kier molecular flexibility index (Phi) is 3.46. The molecule has 1 heterocycles. The van der Waals surface area contributed by atoms with Crippen LogP contribution < -0.4 is 10.6 Å². The Hall–Kier alpha value is -2.44. The van der Waals surface area contributed by atoms with E-state index in [0.29, 0.717) is 6.42 Å². The summed E-state index contributed by atoms with van der Waals surface area (Å²) >= 11 is 0. The molecular formula is C12H11FN2O4. The normalized spacial score (nSPS) is 17.9. The molecule has 1 atom stereocenters. The maximum atomic E-state index is 13.1. The van der Waals surface area contributed by atoms with Crippen LogP contribution in [-0.4, -0.2) is 28.9 Å². The molecule has 0 saturated carbocycles. The second kappa shape index (κ2) is 5.05. The molecule has 0 radical (unpaired) electrons. The summed E-state index contributed by atoms with van der Waals surface area (Å²) in [6.45, 7) is 0. The maximum Gasteiger partial charge on any atom is 0.337 e. The molecule has 7 heteroatoms. The molecule has 0 bridgehead atoms. The van der Waals surface area contributed by atoms with Gasteiger partial charge < -0.3 is 15.7 Å². The molecule has 2 rings (SSSR count). The first kappa shape index (κ1) is 13.0. The van der Waals surface area contributed by atoms with Gasteiger partial charge in [0.2, 0.25) is 11.8 Å². The van der Waals surface area contributed by atoms with Gasteiger partial charge in [-0.15, -0.1) is 0 Å². The molecule has 1 saturated heterocycles. The van der Waals surface area contributed by atoms with Crippen molar-refractivity contribution in [3.05, 3.63) is 29.6 Å². The summed E-state index contributed by atoms with van der Waals surface area (Å²) in [4.78, 5) is 33.7. The number of hydrogen-bond acceptors (Lipinski definition) is 3. The van der Waals surface area contributed by atoms with E-state index in [-0.39, 0.29) is 23.6 Å². The van der Waals surface area contributed by atoms with Crippen molar-refractivity contribution in [2.45, 2.75) is 18.9 Å². The monoisotopic (exact) mass is 266 g/mol. The molecular weight excluding hydrogens is 255 g/mol. The van der Waals surface area contributed by atoms with Crippen molar-refractivity contribution >= 4 is 23.5 Å². The van der Waals surface area contributed by atoms with Gasteiger partial charge in [-0.3, -0.25) is 9.59 Å². The number of amides is 2.